The lowest BCUT2D eigenvalue weighted by Gasteiger charge is -2.03. The summed E-state index contributed by atoms with van der Waals surface area (Å²) in [6.45, 7) is 1.78. The largest absolute Gasteiger partial charge is 0.435 e. The van der Waals surface area contributed by atoms with Gasteiger partial charge < -0.3 is 4.98 Å². The number of allylic oxidation sites excluding steroid dienone is 1. The van der Waals surface area contributed by atoms with Crippen LogP contribution in [-0.4, -0.2) is 20.2 Å². The van der Waals surface area contributed by atoms with Gasteiger partial charge in [0.05, 0.1) is 11.4 Å². The highest BCUT2D eigenvalue weighted by Gasteiger charge is 2.37. The molecule has 22 heavy (non-hydrogen) atoms. The summed E-state index contributed by atoms with van der Waals surface area (Å²) >= 11 is 1.16. The topological polar surface area (TPSA) is 50.2 Å². The molecule has 0 bridgehead atoms. The second-order valence-corrected chi connectivity index (χ2v) is 5.83. The Balaban J connectivity index is 2.06. The summed E-state index contributed by atoms with van der Waals surface area (Å²) in [4.78, 5) is 19.3. The first kappa shape index (κ1) is 14.6. The monoisotopic (exact) mass is 325 g/mol. The van der Waals surface area contributed by atoms with E-state index in [4.69, 9.17) is 0 Å². The fourth-order valence-electron chi connectivity index (χ4n) is 2.07. The van der Waals surface area contributed by atoms with E-state index in [1.807, 2.05) is 0 Å². The third kappa shape index (κ3) is 2.57. The Labute approximate surface area is 126 Å². The molecular formula is C14H10F3N3OS. The maximum Gasteiger partial charge on any atom is 0.435 e. The van der Waals surface area contributed by atoms with Gasteiger partial charge in [0, 0.05) is 17.3 Å². The molecule has 4 nitrogen and oxygen atoms in total. The summed E-state index contributed by atoms with van der Waals surface area (Å²) in [5.74, 6) is -0.403. The number of aromatic nitrogens is 3. The molecule has 3 aromatic heterocycles. The van der Waals surface area contributed by atoms with Crippen molar-refractivity contribution in [3.05, 3.63) is 52.6 Å². The Bertz CT molecular complexity index is 856. The molecule has 0 saturated carbocycles. The molecule has 0 unspecified atom stereocenters. The predicted octanol–water partition coefficient (Wildman–Crippen LogP) is 3.95. The number of aromatic amines is 1. The van der Waals surface area contributed by atoms with Crippen LogP contribution in [0.15, 0.2) is 30.6 Å². The van der Waals surface area contributed by atoms with E-state index in [0.717, 1.165) is 28.4 Å². The van der Waals surface area contributed by atoms with E-state index in [-0.39, 0.29) is 10.7 Å². The van der Waals surface area contributed by atoms with Crippen LogP contribution in [0.5, 0.6) is 0 Å². The average Bonchev–Trinajstić information content (AvgIpc) is 3.10. The molecule has 0 amide bonds. The molecule has 0 fully saturated rings. The van der Waals surface area contributed by atoms with Crippen molar-refractivity contribution in [2.45, 2.75) is 13.1 Å². The number of nitrogens with one attached hydrogen (secondary N) is 1. The van der Waals surface area contributed by atoms with Crippen LogP contribution in [0, 0.1) is 6.92 Å². The maximum absolute atomic E-state index is 13.1. The number of H-pyrrole nitrogens is 1. The third-order valence-corrected chi connectivity index (χ3v) is 3.90. The first-order valence-electron chi connectivity index (χ1n) is 6.28. The van der Waals surface area contributed by atoms with Gasteiger partial charge in [-0.25, -0.2) is 4.98 Å². The SMILES string of the molecule is Cc1cn2c(/C=C/C(=O)c3ccc[nH]3)c(C(F)(F)F)nc2s1. The molecular weight excluding hydrogens is 315 g/mol. The third-order valence-electron chi connectivity index (χ3n) is 3.00. The smallest absolute Gasteiger partial charge is 0.359 e. The van der Waals surface area contributed by atoms with Gasteiger partial charge in [-0.2, -0.15) is 13.2 Å². The van der Waals surface area contributed by atoms with Crippen molar-refractivity contribution in [2.75, 3.05) is 0 Å². The molecule has 3 rings (SSSR count). The quantitative estimate of drug-likeness (QED) is 0.585. The molecule has 0 atom stereocenters. The van der Waals surface area contributed by atoms with E-state index >= 15 is 0 Å². The molecule has 0 radical (unpaired) electrons. The number of rotatable bonds is 3. The molecule has 1 N–H and O–H groups in total. The maximum atomic E-state index is 13.1. The van der Waals surface area contributed by atoms with Crippen molar-refractivity contribution in [2.24, 2.45) is 0 Å². The molecule has 0 aromatic carbocycles. The number of fused-ring (bicyclic) bond motifs is 1. The van der Waals surface area contributed by atoms with Gasteiger partial charge in [0.2, 0.25) is 5.78 Å². The molecule has 0 saturated heterocycles. The first-order chi connectivity index (χ1) is 10.4. The standard InChI is InChI=1S/C14H10F3N3OS/c1-8-7-20-10(4-5-11(21)9-3-2-6-18-9)12(14(15,16)17)19-13(20)22-8/h2-7,18H,1H3/b5-4+. The molecule has 0 spiro atoms. The second-order valence-electron chi connectivity index (χ2n) is 4.62. The normalized spacial score (nSPS) is 12.5. The van der Waals surface area contributed by atoms with Gasteiger partial charge in [-0.15, -0.1) is 11.3 Å². The van der Waals surface area contributed by atoms with Crippen LogP contribution in [0.3, 0.4) is 0 Å². The Morgan fingerprint density at radius 3 is 2.86 bits per heavy atom. The van der Waals surface area contributed by atoms with Gasteiger partial charge in [-0.1, -0.05) is 0 Å². The van der Waals surface area contributed by atoms with Gasteiger partial charge in [-0.05, 0) is 31.2 Å². The van der Waals surface area contributed by atoms with Crippen LogP contribution in [0.25, 0.3) is 11.0 Å². The fourth-order valence-corrected chi connectivity index (χ4v) is 2.90. The first-order valence-corrected chi connectivity index (χ1v) is 7.09. The number of halogens is 3. The minimum atomic E-state index is -4.57. The van der Waals surface area contributed by atoms with E-state index in [1.165, 1.54) is 4.40 Å². The van der Waals surface area contributed by atoms with Crippen LogP contribution in [-0.2, 0) is 6.18 Å². The number of alkyl halides is 3. The highest BCUT2D eigenvalue weighted by Crippen LogP contribution is 2.34. The van der Waals surface area contributed by atoms with Crippen molar-refractivity contribution in [1.29, 1.82) is 0 Å². The second kappa shape index (κ2) is 5.13. The predicted molar refractivity (Wildman–Crippen MR) is 77.0 cm³/mol. The number of carbonyl (C=O) groups excluding carboxylic acids is 1. The number of nitrogens with zero attached hydrogens (tertiary/aromatic N) is 2. The molecule has 114 valence electrons. The van der Waals surface area contributed by atoms with Crippen LogP contribution >= 0.6 is 11.3 Å². The minimum absolute atomic E-state index is 0.147. The molecule has 8 heteroatoms. The zero-order chi connectivity index (χ0) is 15.9. The number of ketones is 1. The van der Waals surface area contributed by atoms with Gasteiger partial charge in [0.25, 0.3) is 0 Å². The average molecular weight is 325 g/mol. The number of aryl methyl sites for hydroxylation is 1. The Kier molecular flexibility index (Phi) is 3.40. The summed E-state index contributed by atoms with van der Waals surface area (Å²) < 4.78 is 40.5. The van der Waals surface area contributed by atoms with Crippen LogP contribution in [0.2, 0.25) is 0 Å². The van der Waals surface area contributed by atoms with Gasteiger partial charge in [0.15, 0.2) is 10.7 Å². The summed E-state index contributed by atoms with van der Waals surface area (Å²) in [6, 6.07) is 3.19. The van der Waals surface area contributed by atoms with Crippen molar-refractivity contribution in [1.82, 2.24) is 14.4 Å². The highest BCUT2D eigenvalue weighted by atomic mass is 32.1. The number of imidazole rings is 1. The van der Waals surface area contributed by atoms with Crippen molar-refractivity contribution in [3.63, 3.8) is 0 Å². The zero-order valence-corrected chi connectivity index (χ0v) is 12.1. The zero-order valence-electron chi connectivity index (χ0n) is 11.3. The van der Waals surface area contributed by atoms with Gasteiger partial charge in [-0.3, -0.25) is 9.20 Å². The van der Waals surface area contributed by atoms with Crippen molar-refractivity contribution >= 4 is 28.2 Å². The summed E-state index contributed by atoms with van der Waals surface area (Å²) in [5, 5.41) is 0. The molecule has 3 heterocycles. The summed E-state index contributed by atoms with van der Waals surface area (Å²) in [6.07, 6.45) is 0.826. The van der Waals surface area contributed by atoms with Gasteiger partial charge >= 0.3 is 6.18 Å². The van der Waals surface area contributed by atoms with E-state index in [0.29, 0.717) is 5.69 Å². The molecule has 0 aliphatic rings. The lowest BCUT2D eigenvalue weighted by molar-refractivity contribution is -0.140. The number of hydrogen-bond donors (Lipinski definition) is 1. The summed E-state index contributed by atoms with van der Waals surface area (Å²) in [7, 11) is 0. The number of carbonyl (C=O) groups is 1. The van der Waals surface area contributed by atoms with E-state index in [1.54, 1.807) is 31.5 Å². The minimum Gasteiger partial charge on any atom is -0.359 e. The Morgan fingerprint density at radius 2 is 2.23 bits per heavy atom. The Morgan fingerprint density at radius 1 is 1.45 bits per heavy atom. The Hall–Kier alpha value is -2.35. The van der Waals surface area contributed by atoms with Crippen LogP contribution < -0.4 is 0 Å². The van der Waals surface area contributed by atoms with Crippen LogP contribution in [0.1, 0.15) is 26.8 Å². The molecule has 0 aliphatic carbocycles. The number of hydrogen-bond acceptors (Lipinski definition) is 3. The van der Waals surface area contributed by atoms with Gasteiger partial charge in [0.1, 0.15) is 0 Å². The summed E-state index contributed by atoms with van der Waals surface area (Å²) in [5.41, 5.74) is -0.826. The number of thiazole rings is 1. The van der Waals surface area contributed by atoms with Crippen molar-refractivity contribution < 1.29 is 18.0 Å². The highest BCUT2D eigenvalue weighted by molar-refractivity contribution is 7.17. The lowest BCUT2D eigenvalue weighted by Crippen LogP contribution is -2.08. The van der Waals surface area contributed by atoms with E-state index < -0.39 is 17.7 Å². The van der Waals surface area contributed by atoms with E-state index in [2.05, 4.69) is 9.97 Å². The van der Waals surface area contributed by atoms with Crippen LogP contribution in [0.4, 0.5) is 13.2 Å². The lowest BCUT2D eigenvalue weighted by atomic mass is 10.2. The fraction of sp³-hybridized carbons (Fsp3) is 0.143. The van der Waals surface area contributed by atoms with E-state index in [9.17, 15) is 18.0 Å². The molecule has 0 aliphatic heterocycles. The van der Waals surface area contributed by atoms with Crippen molar-refractivity contribution in [3.8, 4) is 0 Å². The molecule has 3 aromatic rings.